The van der Waals surface area contributed by atoms with Crippen molar-refractivity contribution < 1.29 is 0 Å². The standard InChI is InChI=1S/C9H18N4/c1-9(2,3)5-4-7(10)8-6-11-13-12-8/h6-7H,4-5,10H2,1-3H3,(H,11,12,13)/t7-/m1/s1. The second-order valence-electron chi connectivity index (χ2n) is 4.60. The Bertz CT molecular complexity index is 235. The van der Waals surface area contributed by atoms with Crippen molar-refractivity contribution in [2.75, 3.05) is 0 Å². The van der Waals surface area contributed by atoms with E-state index >= 15 is 0 Å². The lowest BCUT2D eigenvalue weighted by molar-refractivity contribution is 0.348. The molecule has 0 aromatic carbocycles. The summed E-state index contributed by atoms with van der Waals surface area (Å²) in [6.07, 6.45) is 3.74. The van der Waals surface area contributed by atoms with E-state index in [4.69, 9.17) is 5.73 Å². The Labute approximate surface area is 78.9 Å². The van der Waals surface area contributed by atoms with E-state index < -0.39 is 0 Å². The van der Waals surface area contributed by atoms with Gasteiger partial charge in [0.25, 0.3) is 0 Å². The van der Waals surface area contributed by atoms with E-state index in [-0.39, 0.29) is 6.04 Å². The Balaban J connectivity index is 2.39. The number of aromatic nitrogens is 3. The van der Waals surface area contributed by atoms with Crippen molar-refractivity contribution in [3.05, 3.63) is 11.9 Å². The summed E-state index contributed by atoms with van der Waals surface area (Å²) >= 11 is 0. The molecule has 74 valence electrons. The fraction of sp³-hybridized carbons (Fsp3) is 0.778. The zero-order valence-corrected chi connectivity index (χ0v) is 8.54. The molecule has 0 amide bonds. The highest BCUT2D eigenvalue weighted by molar-refractivity contribution is 4.98. The largest absolute Gasteiger partial charge is 0.323 e. The summed E-state index contributed by atoms with van der Waals surface area (Å²) in [4.78, 5) is 0. The zero-order chi connectivity index (χ0) is 9.90. The van der Waals surface area contributed by atoms with E-state index in [1.54, 1.807) is 6.20 Å². The van der Waals surface area contributed by atoms with Crippen LogP contribution in [-0.2, 0) is 0 Å². The van der Waals surface area contributed by atoms with Crippen molar-refractivity contribution in [1.29, 1.82) is 0 Å². The van der Waals surface area contributed by atoms with Gasteiger partial charge in [0.15, 0.2) is 0 Å². The second kappa shape index (κ2) is 3.87. The monoisotopic (exact) mass is 182 g/mol. The molecule has 0 saturated carbocycles. The first kappa shape index (κ1) is 10.2. The van der Waals surface area contributed by atoms with Crippen molar-refractivity contribution in [1.82, 2.24) is 15.4 Å². The lowest BCUT2D eigenvalue weighted by atomic mass is 9.88. The number of nitrogens with two attached hydrogens (primary N) is 1. The summed E-state index contributed by atoms with van der Waals surface area (Å²) in [5, 5.41) is 10.3. The molecule has 1 rings (SSSR count). The van der Waals surface area contributed by atoms with Gasteiger partial charge < -0.3 is 5.73 Å². The summed E-state index contributed by atoms with van der Waals surface area (Å²) in [7, 11) is 0. The molecule has 0 aliphatic carbocycles. The van der Waals surface area contributed by atoms with E-state index in [9.17, 15) is 0 Å². The topological polar surface area (TPSA) is 67.6 Å². The van der Waals surface area contributed by atoms with Crippen LogP contribution >= 0.6 is 0 Å². The van der Waals surface area contributed by atoms with E-state index in [0.29, 0.717) is 5.41 Å². The number of H-pyrrole nitrogens is 1. The predicted octanol–water partition coefficient (Wildman–Crippen LogP) is 1.63. The van der Waals surface area contributed by atoms with Crippen LogP contribution in [0.25, 0.3) is 0 Å². The van der Waals surface area contributed by atoms with Gasteiger partial charge in [0.2, 0.25) is 0 Å². The number of rotatable bonds is 3. The second-order valence-corrected chi connectivity index (χ2v) is 4.60. The van der Waals surface area contributed by atoms with E-state index in [2.05, 4.69) is 36.2 Å². The van der Waals surface area contributed by atoms with Gasteiger partial charge in [-0.15, -0.1) is 0 Å². The van der Waals surface area contributed by atoms with Crippen molar-refractivity contribution in [2.24, 2.45) is 11.1 Å². The third kappa shape index (κ3) is 3.55. The highest BCUT2D eigenvalue weighted by Crippen LogP contribution is 2.24. The van der Waals surface area contributed by atoms with Gasteiger partial charge in [0.05, 0.1) is 17.9 Å². The first-order valence-corrected chi connectivity index (χ1v) is 4.60. The molecule has 3 N–H and O–H groups in total. The molecule has 0 aliphatic rings. The average molecular weight is 182 g/mol. The third-order valence-corrected chi connectivity index (χ3v) is 2.02. The van der Waals surface area contributed by atoms with Gasteiger partial charge in [-0.2, -0.15) is 15.4 Å². The Morgan fingerprint density at radius 2 is 2.23 bits per heavy atom. The summed E-state index contributed by atoms with van der Waals surface area (Å²) in [6, 6.07) is 0.0120. The summed E-state index contributed by atoms with van der Waals surface area (Å²) in [5.41, 5.74) is 7.11. The molecular weight excluding hydrogens is 164 g/mol. The maximum absolute atomic E-state index is 5.92. The average Bonchev–Trinajstić information content (AvgIpc) is 2.50. The predicted molar refractivity (Wildman–Crippen MR) is 52.0 cm³/mol. The van der Waals surface area contributed by atoms with Gasteiger partial charge in [-0.25, -0.2) is 0 Å². The Hall–Kier alpha value is -0.900. The summed E-state index contributed by atoms with van der Waals surface area (Å²) in [5.74, 6) is 0. The van der Waals surface area contributed by atoms with Gasteiger partial charge >= 0.3 is 0 Å². The quantitative estimate of drug-likeness (QED) is 0.746. The van der Waals surface area contributed by atoms with Crippen LogP contribution in [0.3, 0.4) is 0 Å². The molecule has 4 nitrogen and oxygen atoms in total. The maximum Gasteiger partial charge on any atom is 0.0991 e. The van der Waals surface area contributed by atoms with E-state index in [0.717, 1.165) is 18.5 Å². The van der Waals surface area contributed by atoms with Gasteiger partial charge in [0, 0.05) is 0 Å². The van der Waals surface area contributed by atoms with Crippen LogP contribution in [0.2, 0.25) is 0 Å². The Kier molecular flexibility index (Phi) is 3.03. The zero-order valence-electron chi connectivity index (χ0n) is 8.54. The molecule has 0 unspecified atom stereocenters. The smallest absolute Gasteiger partial charge is 0.0991 e. The van der Waals surface area contributed by atoms with Crippen LogP contribution in [0.1, 0.15) is 45.3 Å². The van der Waals surface area contributed by atoms with Gasteiger partial charge in [-0.05, 0) is 18.3 Å². The molecule has 0 spiro atoms. The van der Waals surface area contributed by atoms with Crippen LogP contribution in [0, 0.1) is 5.41 Å². The molecule has 1 heterocycles. The van der Waals surface area contributed by atoms with E-state index in [1.165, 1.54) is 0 Å². The van der Waals surface area contributed by atoms with Crippen LogP contribution in [0.15, 0.2) is 6.20 Å². The first-order chi connectivity index (χ1) is 5.99. The van der Waals surface area contributed by atoms with Crippen LogP contribution < -0.4 is 5.73 Å². The highest BCUT2D eigenvalue weighted by atomic mass is 15.3. The first-order valence-electron chi connectivity index (χ1n) is 4.60. The fourth-order valence-electron chi connectivity index (χ4n) is 1.13. The van der Waals surface area contributed by atoms with E-state index in [1.807, 2.05) is 0 Å². The molecule has 0 fully saturated rings. The van der Waals surface area contributed by atoms with Crippen LogP contribution in [0.4, 0.5) is 0 Å². The molecule has 1 aromatic rings. The van der Waals surface area contributed by atoms with Crippen LogP contribution in [0.5, 0.6) is 0 Å². The van der Waals surface area contributed by atoms with Crippen LogP contribution in [-0.4, -0.2) is 15.4 Å². The van der Waals surface area contributed by atoms with Crippen molar-refractivity contribution >= 4 is 0 Å². The maximum atomic E-state index is 5.92. The Morgan fingerprint density at radius 1 is 1.54 bits per heavy atom. The lowest BCUT2D eigenvalue weighted by Gasteiger charge is -2.19. The van der Waals surface area contributed by atoms with Crippen molar-refractivity contribution in [2.45, 2.75) is 39.7 Å². The lowest BCUT2D eigenvalue weighted by Crippen LogP contribution is -2.15. The molecule has 1 aromatic heterocycles. The molecule has 0 bridgehead atoms. The normalized spacial score (nSPS) is 14.5. The third-order valence-electron chi connectivity index (χ3n) is 2.02. The molecule has 1 atom stereocenters. The minimum atomic E-state index is 0.0120. The minimum absolute atomic E-state index is 0.0120. The minimum Gasteiger partial charge on any atom is -0.323 e. The SMILES string of the molecule is CC(C)(C)CC[C@@H](N)c1cn[nH]n1. The van der Waals surface area contributed by atoms with Gasteiger partial charge in [-0.3, -0.25) is 0 Å². The number of hydrogen-bond acceptors (Lipinski definition) is 3. The van der Waals surface area contributed by atoms with Crippen molar-refractivity contribution in [3.8, 4) is 0 Å². The molecule has 0 saturated heterocycles. The number of hydrogen-bond donors (Lipinski definition) is 2. The summed E-state index contributed by atoms with van der Waals surface area (Å²) in [6.45, 7) is 6.63. The van der Waals surface area contributed by atoms with Gasteiger partial charge in [-0.1, -0.05) is 20.8 Å². The highest BCUT2D eigenvalue weighted by Gasteiger charge is 2.15. The van der Waals surface area contributed by atoms with Crippen molar-refractivity contribution in [3.63, 3.8) is 0 Å². The number of nitrogens with one attached hydrogen (secondary N) is 1. The number of aromatic amines is 1. The number of nitrogens with zero attached hydrogens (tertiary/aromatic N) is 2. The molecular formula is C9H18N4. The molecule has 0 radical (unpaired) electrons. The van der Waals surface area contributed by atoms with Gasteiger partial charge in [0.1, 0.15) is 0 Å². The molecule has 13 heavy (non-hydrogen) atoms. The summed E-state index contributed by atoms with van der Waals surface area (Å²) < 4.78 is 0. The molecule has 4 heteroatoms. The Morgan fingerprint density at radius 3 is 2.69 bits per heavy atom. The fourth-order valence-corrected chi connectivity index (χ4v) is 1.13. The molecule has 0 aliphatic heterocycles.